The van der Waals surface area contributed by atoms with Crippen LogP contribution in [-0.2, 0) is 19.4 Å². The van der Waals surface area contributed by atoms with Crippen molar-refractivity contribution in [1.29, 1.82) is 0 Å². The van der Waals surface area contributed by atoms with Crippen LogP contribution in [0.25, 0.3) is 33.6 Å². The maximum atomic E-state index is 15.0. The smallest absolute Gasteiger partial charge is 0.230 e. The van der Waals surface area contributed by atoms with Crippen LogP contribution in [0.1, 0.15) is 36.6 Å². The number of nitrogens with zero attached hydrogens (tertiary/aromatic N) is 3. The van der Waals surface area contributed by atoms with Crippen LogP contribution < -0.4 is 0 Å². The number of hydrogen-bond donors (Lipinski definition) is 0. The Labute approximate surface area is 223 Å². The van der Waals surface area contributed by atoms with Gasteiger partial charge in [0.1, 0.15) is 17.9 Å². The minimum Gasteiger partial charge on any atom is -0.437 e. The van der Waals surface area contributed by atoms with Gasteiger partial charge in [-0.2, -0.15) is 0 Å². The van der Waals surface area contributed by atoms with Gasteiger partial charge in [-0.25, -0.2) is 14.4 Å². The predicted octanol–water partition coefficient (Wildman–Crippen LogP) is 7.71. The van der Waals surface area contributed by atoms with Gasteiger partial charge in [-0.3, -0.25) is 4.90 Å². The van der Waals surface area contributed by atoms with Gasteiger partial charge >= 0.3 is 0 Å². The SMILES string of the molecule is CCc1ccc(-c2c(-c3ccccc3F)oc3ncnc(C[C@@H]4CCCN(Cc5ccccc5)C4)c23)cc1. The molecule has 3 aromatic carbocycles. The molecule has 38 heavy (non-hydrogen) atoms. The Hall–Kier alpha value is -3.83. The van der Waals surface area contributed by atoms with E-state index in [0.29, 0.717) is 23.0 Å². The van der Waals surface area contributed by atoms with E-state index in [1.165, 1.54) is 23.6 Å². The lowest BCUT2D eigenvalue weighted by atomic mass is 9.90. The van der Waals surface area contributed by atoms with Crippen molar-refractivity contribution in [1.82, 2.24) is 14.9 Å². The Bertz CT molecular complexity index is 1530. The van der Waals surface area contributed by atoms with Crippen LogP contribution in [0.5, 0.6) is 0 Å². The van der Waals surface area contributed by atoms with Crippen molar-refractivity contribution in [3.63, 3.8) is 0 Å². The Balaban J connectivity index is 1.39. The van der Waals surface area contributed by atoms with Crippen molar-refractivity contribution < 1.29 is 8.81 Å². The Morgan fingerprint density at radius 3 is 2.50 bits per heavy atom. The van der Waals surface area contributed by atoms with E-state index in [9.17, 15) is 0 Å². The average molecular weight is 506 g/mol. The Kier molecular flexibility index (Phi) is 7.02. The number of benzene rings is 3. The summed E-state index contributed by atoms with van der Waals surface area (Å²) >= 11 is 0. The number of aromatic nitrogens is 2. The van der Waals surface area contributed by atoms with E-state index in [1.807, 2.05) is 6.07 Å². The molecule has 0 unspecified atom stereocenters. The lowest BCUT2D eigenvalue weighted by Gasteiger charge is -2.32. The van der Waals surface area contributed by atoms with E-state index in [1.54, 1.807) is 18.5 Å². The molecule has 1 aliphatic rings. The van der Waals surface area contributed by atoms with Crippen molar-refractivity contribution in [3.05, 3.63) is 108 Å². The van der Waals surface area contributed by atoms with Crippen molar-refractivity contribution in [2.45, 2.75) is 39.2 Å². The zero-order valence-corrected chi connectivity index (χ0v) is 21.7. The molecular weight excluding hydrogens is 473 g/mol. The highest BCUT2D eigenvalue weighted by atomic mass is 19.1. The van der Waals surface area contributed by atoms with Crippen LogP contribution in [0.3, 0.4) is 0 Å². The van der Waals surface area contributed by atoms with Gasteiger partial charge in [-0.15, -0.1) is 0 Å². The molecule has 0 spiro atoms. The molecule has 5 heteroatoms. The summed E-state index contributed by atoms with van der Waals surface area (Å²) in [6, 6.07) is 25.9. The molecule has 192 valence electrons. The molecule has 1 atom stereocenters. The molecule has 4 nitrogen and oxygen atoms in total. The minimum absolute atomic E-state index is 0.309. The van der Waals surface area contributed by atoms with E-state index < -0.39 is 0 Å². The zero-order chi connectivity index (χ0) is 25.9. The highest BCUT2D eigenvalue weighted by molar-refractivity contribution is 6.01. The zero-order valence-electron chi connectivity index (χ0n) is 21.7. The maximum Gasteiger partial charge on any atom is 0.230 e. The summed E-state index contributed by atoms with van der Waals surface area (Å²) in [6.45, 7) is 5.25. The van der Waals surface area contributed by atoms with E-state index in [-0.39, 0.29) is 5.82 Å². The summed E-state index contributed by atoms with van der Waals surface area (Å²) in [7, 11) is 0. The van der Waals surface area contributed by atoms with Crippen LogP contribution in [0.2, 0.25) is 0 Å². The first kappa shape index (κ1) is 24.5. The molecule has 0 N–H and O–H groups in total. The number of halogens is 1. The highest BCUT2D eigenvalue weighted by Crippen LogP contribution is 2.42. The summed E-state index contributed by atoms with van der Waals surface area (Å²) < 4.78 is 21.3. The first-order valence-corrected chi connectivity index (χ1v) is 13.6. The fourth-order valence-corrected chi connectivity index (χ4v) is 5.74. The normalized spacial score (nSPS) is 16.2. The second kappa shape index (κ2) is 10.9. The molecule has 0 aliphatic carbocycles. The fourth-order valence-electron chi connectivity index (χ4n) is 5.74. The molecule has 1 fully saturated rings. The van der Waals surface area contributed by atoms with E-state index >= 15 is 4.39 Å². The van der Waals surface area contributed by atoms with Crippen molar-refractivity contribution in [2.75, 3.05) is 13.1 Å². The molecule has 1 aliphatic heterocycles. The third-order valence-corrected chi connectivity index (χ3v) is 7.67. The molecule has 0 saturated carbocycles. The van der Waals surface area contributed by atoms with Gasteiger partial charge in [-0.1, -0.05) is 73.7 Å². The number of rotatable bonds is 7. The lowest BCUT2D eigenvalue weighted by Crippen LogP contribution is -2.35. The van der Waals surface area contributed by atoms with Gasteiger partial charge in [0.05, 0.1) is 16.6 Å². The first-order chi connectivity index (χ1) is 18.7. The Morgan fingerprint density at radius 1 is 0.921 bits per heavy atom. The van der Waals surface area contributed by atoms with Crippen molar-refractivity contribution in [2.24, 2.45) is 5.92 Å². The van der Waals surface area contributed by atoms with Crippen LogP contribution in [0.4, 0.5) is 4.39 Å². The molecule has 6 rings (SSSR count). The highest BCUT2D eigenvalue weighted by Gasteiger charge is 2.26. The second-order valence-electron chi connectivity index (χ2n) is 10.3. The summed E-state index contributed by atoms with van der Waals surface area (Å²) in [5, 5.41) is 0.898. The van der Waals surface area contributed by atoms with Crippen molar-refractivity contribution >= 4 is 11.1 Å². The van der Waals surface area contributed by atoms with E-state index in [4.69, 9.17) is 9.40 Å². The number of hydrogen-bond acceptors (Lipinski definition) is 4. The third-order valence-electron chi connectivity index (χ3n) is 7.67. The number of furan rings is 1. The quantitative estimate of drug-likeness (QED) is 0.227. The van der Waals surface area contributed by atoms with Crippen LogP contribution in [0.15, 0.2) is 89.6 Å². The van der Waals surface area contributed by atoms with E-state index in [2.05, 4.69) is 71.4 Å². The molecule has 0 bridgehead atoms. The maximum absolute atomic E-state index is 15.0. The van der Waals surface area contributed by atoms with Gasteiger partial charge in [0.2, 0.25) is 5.71 Å². The van der Waals surface area contributed by atoms with Crippen LogP contribution in [-0.4, -0.2) is 28.0 Å². The second-order valence-corrected chi connectivity index (χ2v) is 10.3. The molecule has 2 aromatic heterocycles. The predicted molar refractivity (Wildman–Crippen MR) is 150 cm³/mol. The van der Waals surface area contributed by atoms with Crippen molar-refractivity contribution in [3.8, 4) is 22.5 Å². The number of piperidine rings is 1. The monoisotopic (exact) mass is 505 g/mol. The fraction of sp³-hybridized carbons (Fsp3) is 0.273. The molecular formula is C33H32FN3O. The van der Waals surface area contributed by atoms with Gasteiger partial charge in [0, 0.05) is 18.7 Å². The summed E-state index contributed by atoms with van der Waals surface area (Å²) in [5.74, 6) is 0.683. The lowest BCUT2D eigenvalue weighted by molar-refractivity contribution is 0.166. The third kappa shape index (κ3) is 4.99. The van der Waals surface area contributed by atoms with Gasteiger partial charge in [-0.05, 0) is 67.0 Å². The number of fused-ring (bicyclic) bond motifs is 1. The van der Waals surface area contributed by atoms with E-state index in [0.717, 1.165) is 61.1 Å². The number of likely N-dealkylation sites (tertiary alicyclic amines) is 1. The van der Waals surface area contributed by atoms with Gasteiger partial charge < -0.3 is 4.42 Å². The molecule has 0 radical (unpaired) electrons. The van der Waals surface area contributed by atoms with Gasteiger partial charge in [0.15, 0.2) is 0 Å². The summed E-state index contributed by atoms with van der Waals surface area (Å²) in [6.07, 6.45) is 5.71. The molecule has 3 heterocycles. The largest absolute Gasteiger partial charge is 0.437 e. The van der Waals surface area contributed by atoms with Crippen LogP contribution >= 0.6 is 0 Å². The molecule has 1 saturated heterocycles. The van der Waals surface area contributed by atoms with Gasteiger partial charge in [0.25, 0.3) is 0 Å². The first-order valence-electron chi connectivity index (χ1n) is 13.6. The number of aryl methyl sites for hydroxylation is 1. The summed E-state index contributed by atoms with van der Waals surface area (Å²) in [4.78, 5) is 11.8. The standard InChI is InChI=1S/C33H32FN3O/c1-2-23-14-16-26(17-15-23)30-31-29(19-25-11-8-18-37(21-25)20-24-9-4-3-5-10-24)35-22-36-33(31)38-32(30)27-12-6-7-13-28(27)34/h3-7,9-10,12-17,22,25H,2,8,11,18-21H2,1H3/t25-/m0/s1. The minimum atomic E-state index is -0.309. The Morgan fingerprint density at radius 2 is 1.71 bits per heavy atom. The summed E-state index contributed by atoms with van der Waals surface area (Å²) in [5.41, 5.74) is 6.40. The topological polar surface area (TPSA) is 42.2 Å². The molecule has 0 amide bonds. The molecule has 5 aromatic rings. The van der Waals surface area contributed by atoms with Crippen LogP contribution in [0, 0.1) is 11.7 Å². The average Bonchev–Trinajstić information content (AvgIpc) is 3.34.